The molecule has 0 aliphatic carbocycles. The number of piperazine rings is 1. The summed E-state index contributed by atoms with van der Waals surface area (Å²) in [6.45, 7) is 3.93. The van der Waals surface area contributed by atoms with E-state index in [-0.39, 0.29) is 0 Å². The maximum atomic E-state index is 6.19. The topological polar surface area (TPSA) is 41.7 Å². The average Bonchev–Trinajstić information content (AvgIpc) is 2.56. The van der Waals surface area contributed by atoms with Gasteiger partial charge in [-0.25, -0.2) is 0 Å². The van der Waals surface area contributed by atoms with Crippen LogP contribution in [-0.2, 0) is 0 Å². The molecule has 110 valence electrons. The second-order valence-corrected chi connectivity index (χ2v) is 5.20. The molecular weight excluding hydrogens is 262 g/mol. The van der Waals surface area contributed by atoms with Crippen LogP contribution in [0.15, 0.2) is 48.5 Å². The number of ether oxygens (including phenoxy) is 1. The number of para-hydroxylation sites is 2. The van der Waals surface area contributed by atoms with Gasteiger partial charge in [-0.3, -0.25) is 0 Å². The van der Waals surface area contributed by atoms with Crippen molar-refractivity contribution < 1.29 is 4.74 Å². The van der Waals surface area contributed by atoms with Crippen molar-refractivity contribution in [2.24, 2.45) is 0 Å². The average molecular weight is 283 g/mol. The first-order valence-electron chi connectivity index (χ1n) is 7.27. The second-order valence-electron chi connectivity index (χ2n) is 5.20. The second kappa shape index (κ2) is 5.95. The quantitative estimate of drug-likeness (QED) is 0.879. The van der Waals surface area contributed by atoms with Crippen LogP contribution in [0.4, 0.5) is 17.1 Å². The number of methoxy groups -OCH3 is 1. The van der Waals surface area contributed by atoms with Gasteiger partial charge in [-0.2, -0.15) is 0 Å². The van der Waals surface area contributed by atoms with Crippen LogP contribution in [-0.4, -0.2) is 33.3 Å². The summed E-state index contributed by atoms with van der Waals surface area (Å²) >= 11 is 0. The lowest BCUT2D eigenvalue weighted by Gasteiger charge is -2.38. The SMILES string of the molecule is COc1cccc(N2CCN(c3ccccc3)CC2)c1N. The highest BCUT2D eigenvalue weighted by Gasteiger charge is 2.19. The third-order valence-electron chi connectivity index (χ3n) is 4.00. The maximum Gasteiger partial charge on any atom is 0.143 e. The molecule has 21 heavy (non-hydrogen) atoms. The van der Waals surface area contributed by atoms with E-state index in [2.05, 4.69) is 46.2 Å². The lowest BCUT2D eigenvalue weighted by molar-refractivity contribution is 0.417. The fourth-order valence-electron chi connectivity index (χ4n) is 2.83. The molecule has 4 nitrogen and oxygen atoms in total. The minimum absolute atomic E-state index is 0.730. The molecule has 1 aliphatic rings. The molecule has 0 amide bonds. The molecule has 2 N–H and O–H groups in total. The van der Waals surface area contributed by atoms with Gasteiger partial charge >= 0.3 is 0 Å². The van der Waals surface area contributed by atoms with Gasteiger partial charge < -0.3 is 20.3 Å². The minimum atomic E-state index is 0.730. The van der Waals surface area contributed by atoms with Crippen LogP contribution >= 0.6 is 0 Å². The summed E-state index contributed by atoms with van der Waals surface area (Å²) < 4.78 is 5.30. The zero-order valence-corrected chi connectivity index (χ0v) is 12.3. The molecule has 1 aliphatic heterocycles. The van der Waals surface area contributed by atoms with Gasteiger partial charge in [0.2, 0.25) is 0 Å². The molecule has 3 rings (SSSR count). The number of nitrogens with zero attached hydrogens (tertiary/aromatic N) is 2. The Balaban J connectivity index is 1.72. The van der Waals surface area contributed by atoms with E-state index in [1.165, 1.54) is 5.69 Å². The zero-order valence-electron chi connectivity index (χ0n) is 12.3. The molecule has 4 heteroatoms. The Bertz CT molecular complexity index is 592. The molecule has 1 fully saturated rings. The molecule has 0 unspecified atom stereocenters. The van der Waals surface area contributed by atoms with Crippen LogP contribution in [0.25, 0.3) is 0 Å². The van der Waals surface area contributed by atoms with Gasteiger partial charge in [0.25, 0.3) is 0 Å². The van der Waals surface area contributed by atoms with Crippen LogP contribution in [0.1, 0.15) is 0 Å². The lowest BCUT2D eigenvalue weighted by Crippen LogP contribution is -2.46. The molecular formula is C17H21N3O. The smallest absolute Gasteiger partial charge is 0.143 e. The summed E-state index contributed by atoms with van der Waals surface area (Å²) in [5.41, 5.74) is 9.28. The molecule has 2 aromatic carbocycles. The highest BCUT2D eigenvalue weighted by Crippen LogP contribution is 2.32. The van der Waals surface area contributed by atoms with Gasteiger partial charge in [0, 0.05) is 31.9 Å². The van der Waals surface area contributed by atoms with Crippen molar-refractivity contribution in [3.05, 3.63) is 48.5 Å². The first kappa shape index (κ1) is 13.6. The Labute approximate surface area is 125 Å². The number of benzene rings is 2. The summed E-state index contributed by atoms with van der Waals surface area (Å²) in [6, 6.07) is 16.5. The fourth-order valence-corrected chi connectivity index (χ4v) is 2.83. The van der Waals surface area contributed by atoms with Crippen molar-refractivity contribution in [3.8, 4) is 5.75 Å². The molecule has 2 aromatic rings. The van der Waals surface area contributed by atoms with E-state index < -0.39 is 0 Å². The number of anilines is 3. The van der Waals surface area contributed by atoms with Crippen LogP contribution in [0, 0.1) is 0 Å². The minimum Gasteiger partial charge on any atom is -0.495 e. The zero-order chi connectivity index (χ0) is 14.7. The molecule has 0 atom stereocenters. The van der Waals surface area contributed by atoms with Crippen molar-refractivity contribution in [2.75, 3.05) is 48.8 Å². The number of nitrogen functional groups attached to an aromatic ring is 1. The predicted molar refractivity (Wildman–Crippen MR) is 88.3 cm³/mol. The number of hydrogen-bond acceptors (Lipinski definition) is 4. The van der Waals surface area contributed by atoms with Gasteiger partial charge in [0.05, 0.1) is 18.5 Å². The highest BCUT2D eigenvalue weighted by molar-refractivity contribution is 5.74. The van der Waals surface area contributed by atoms with Gasteiger partial charge in [-0.1, -0.05) is 24.3 Å². The van der Waals surface area contributed by atoms with E-state index in [1.54, 1.807) is 7.11 Å². The maximum absolute atomic E-state index is 6.19. The number of rotatable bonds is 3. The first-order valence-corrected chi connectivity index (χ1v) is 7.27. The lowest BCUT2D eigenvalue weighted by atomic mass is 10.2. The highest BCUT2D eigenvalue weighted by atomic mass is 16.5. The Morgan fingerprint density at radius 2 is 1.52 bits per heavy atom. The standard InChI is InChI=1S/C17H21N3O/c1-21-16-9-5-8-15(17(16)18)20-12-10-19(11-13-20)14-6-3-2-4-7-14/h2-9H,10-13,18H2,1H3. The van der Waals surface area contributed by atoms with Crippen molar-refractivity contribution in [1.82, 2.24) is 0 Å². The third-order valence-corrected chi connectivity index (χ3v) is 4.00. The monoisotopic (exact) mass is 283 g/mol. The number of nitrogens with two attached hydrogens (primary N) is 1. The van der Waals surface area contributed by atoms with Crippen molar-refractivity contribution in [2.45, 2.75) is 0 Å². The van der Waals surface area contributed by atoms with E-state index in [4.69, 9.17) is 10.5 Å². The molecule has 0 aromatic heterocycles. The Kier molecular flexibility index (Phi) is 3.86. The van der Waals surface area contributed by atoms with Gasteiger partial charge in [0.1, 0.15) is 5.75 Å². The fraction of sp³-hybridized carbons (Fsp3) is 0.294. The molecule has 0 saturated carbocycles. The predicted octanol–water partition coefficient (Wildman–Crippen LogP) is 2.60. The molecule has 1 saturated heterocycles. The molecule has 0 spiro atoms. The molecule has 1 heterocycles. The van der Waals surface area contributed by atoms with E-state index in [1.807, 2.05) is 12.1 Å². The van der Waals surface area contributed by atoms with E-state index in [9.17, 15) is 0 Å². The van der Waals surface area contributed by atoms with E-state index >= 15 is 0 Å². The van der Waals surface area contributed by atoms with Crippen LogP contribution in [0.3, 0.4) is 0 Å². The molecule has 0 radical (unpaired) electrons. The first-order chi connectivity index (χ1) is 10.3. The Hall–Kier alpha value is -2.36. The summed E-state index contributed by atoms with van der Waals surface area (Å²) in [6.07, 6.45) is 0. The summed E-state index contributed by atoms with van der Waals surface area (Å²) in [5, 5.41) is 0. The summed E-state index contributed by atoms with van der Waals surface area (Å²) in [7, 11) is 1.66. The van der Waals surface area contributed by atoms with Crippen LogP contribution < -0.4 is 20.3 Å². The van der Waals surface area contributed by atoms with Crippen molar-refractivity contribution >= 4 is 17.1 Å². The summed E-state index contributed by atoms with van der Waals surface area (Å²) in [4.78, 5) is 4.74. The third kappa shape index (κ3) is 2.75. The number of hydrogen-bond donors (Lipinski definition) is 1. The molecule has 0 bridgehead atoms. The van der Waals surface area contributed by atoms with Gasteiger partial charge in [0.15, 0.2) is 0 Å². The van der Waals surface area contributed by atoms with Crippen LogP contribution in [0.5, 0.6) is 5.75 Å². The van der Waals surface area contributed by atoms with E-state index in [0.717, 1.165) is 43.3 Å². The van der Waals surface area contributed by atoms with Crippen molar-refractivity contribution in [1.29, 1.82) is 0 Å². The van der Waals surface area contributed by atoms with Gasteiger partial charge in [-0.05, 0) is 24.3 Å². The van der Waals surface area contributed by atoms with E-state index in [0.29, 0.717) is 0 Å². The summed E-state index contributed by atoms with van der Waals surface area (Å²) in [5.74, 6) is 0.748. The van der Waals surface area contributed by atoms with Crippen molar-refractivity contribution in [3.63, 3.8) is 0 Å². The van der Waals surface area contributed by atoms with Gasteiger partial charge in [-0.15, -0.1) is 0 Å². The Morgan fingerprint density at radius 3 is 2.19 bits per heavy atom. The Morgan fingerprint density at radius 1 is 0.857 bits per heavy atom. The van der Waals surface area contributed by atoms with Crippen LogP contribution in [0.2, 0.25) is 0 Å². The largest absolute Gasteiger partial charge is 0.495 e. The normalized spacial score (nSPS) is 15.1.